The van der Waals surface area contributed by atoms with Gasteiger partial charge in [-0.25, -0.2) is 0 Å². The van der Waals surface area contributed by atoms with E-state index in [9.17, 15) is 0 Å². The third-order valence-electron chi connectivity index (χ3n) is 2.12. The summed E-state index contributed by atoms with van der Waals surface area (Å²) < 4.78 is 5.59. The molecule has 3 nitrogen and oxygen atoms in total. The zero-order valence-electron chi connectivity index (χ0n) is 9.02. The van der Waals surface area contributed by atoms with Crippen molar-refractivity contribution < 1.29 is 9.94 Å². The summed E-state index contributed by atoms with van der Waals surface area (Å²) in [5, 5.41) is 11.5. The summed E-state index contributed by atoms with van der Waals surface area (Å²) >= 11 is 0. The summed E-state index contributed by atoms with van der Waals surface area (Å²) in [7, 11) is 0. The van der Waals surface area contributed by atoms with Crippen molar-refractivity contribution in [2.45, 2.75) is 26.2 Å². The Labute approximate surface area is 90.4 Å². The maximum absolute atomic E-state index is 8.47. The lowest BCUT2D eigenvalue weighted by atomic mass is 10.2. The highest BCUT2D eigenvalue weighted by Gasteiger charge is 1.99. The topological polar surface area (TPSA) is 41.8 Å². The second kappa shape index (κ2) is 6.87. The van der Waals surface area contributed by atoms with Gasteiger partial charge in [0.1, 0.15) is 5.75 Å². The Bertz CT molecular complexity index is 310. The van der Waals surface area contributed by atoms with Gasteiger partial charge in [-0.3, -0.25) is 0 Å². The molecular formula is C12H17NO2. The summed E-state index contributed by atoms with van der Waals surface area (Å²) in [6, 6.07) is 7.53. The normalized spacial score (nSPS) is 10.7. The van der Waals surface area contributed by atoms with Crippen LogP contribution in [0.15, 0.2) is 29.4 Å². The molecule has 0 fully saturated rings. The van der Waals surface area contributed by atoms with Gasteiger partial charge in [0.2, 0.25) is 0 Å². The van der Waals surface area contributed by atoms with Crippen molar-refractivity contribution in [3.8, 4) is 5.75 Å². The predicted octanol–water partition coefficient (Wildman–Crippen LogP) is 3.06. The van der Waals surface area contributed by atoms with Gasteiger partial charge in [0.15, 0.2) is 0 Å². The number of benzene rings is 1. The molecule has 0 unspecified atom stereocenters. The summed E-state index contributed by atoms with van der Waals surface area (Å²) in [6.45, 7) is 2.87. The third kappa shape index (κ3) is 4.02. The van der Waals surface area contributed by atoms with Crippen molar-refractivity contribution in [2.24, 2.45) is 5.16 Å². The fourth-order valence-electron chi connectivity index (χ4n) is 1.32. The first kappa shape index (κ1) is 11.6. The van der Waals surface area contributed by atoms with Gasteiger partial charge in [0.25, 0.3) is 0 Å². The Hall–Kier alpha value is -1.51. The highest BCUT2D eigenvalue weighted by atomic mass is 16.5. The molecule has 0 aliphatic rings. The predicted molar refractivity (Wildman–Crippen MR) is 60.8 cm³/mol. The Kier molecular flexibility index (Phi) is 5.30. The van der Waals surface area contributed by atoms with Crippen molar-refractivity contribution in [1.29, 1.82) is 0 Å². The van der Waals surface area contributed by atoms with Crippen molar-refractivity contribution in [3.05, 3.63) is 29.8 Å². The van der Waals surface area contributed by atoms with Crippen molar-refractivity contribution in [2.75, 3.05) is 6.61 Å². The quantitative estimate of drug-likeness (QED) is 0.337. The lowest BCUT2D eigenvalue weighted by molar-refractivity contribution is 0.304. The Morgan fingerprint density at radius 3 is 2.87 bits per heavy atom. The van der Waals surface area contributed by atoms with E-state index in [1.54, 1.807) is 0 Å². The number of hydrogen-bond donors (Lipinski definition) is 1. The monoisotopic (exact) mass is 207 g/mol. The van der Waals surface area contributed by atoms with Gasteiger partial charge in [-0.05, 0) is 18.6 Å². The minimum Gasteiger partial charge on any atom is -0.493 e. The molecule has 0 atom stereocenters. The van der Waals surface area contributed by atoms with Crippen LogP contribution in [0.25, 0.3) is 0 Å². The SMILES string of the molecule is CCCCCOc1ccccc1C=NO. The molecule has 1 N–H and O–H groups in total. The molecule has 82 valence electrons. The number of hydrogen-bond acceptors (Lipinski definition) is 3. The van der Waals surface area contributed by atoms with Crippen LogP contribution in [0.4, 0.5) is 0 Å². The summed E-state index contributed by atoms with van der Waals surface area (Å²) in [5.41, 5.74) is 0.802. The van der Waals surface area contributed by atoms with E-state index < -0.39 is 0 Å². The summed E-state index contributed by atoms with van der Waals surface area (Å²) in [4.78, 5) is 0. The fourth-order valence-corrected chi connectivity index (χ4v) is 1.32. The fraction of sp³-hybridized carbons (Fsp3) is 0.417. The number of nitrogens with zero attached hydrogens (tertiary/aromatic N) is 1. The Morgan fingerprint density at radius 1 is 1.33 bits per heavy atom. The number of ether oxygens (including phenoxy) is 1. The van der Waals surface area contributed by atoms with E-state index in [4.69, 9.17) is 9.94 Å². The molecule has 3 heteroatoms. The molecule has 15 heavy (non-hydrogen) atoms. The Balaban J connectivity index is 2.51. The van der Waals surface area contributed by atoms with Crippen LogP contribution >= 0.6 is 0 Å². The van der Waals surface area contributed by atoms with Gasteiger partial charge < -0.3 is 9.94 Å². The zero-order chi connectivity index (χ0) is 10.9. The molecule has 0 aliphatic carbocycles. The second-order valence-electron chi connectivity index (χ2n) is 3.34. The van der Waals surface area contributed by atoms with Crippen LogP contribution in [0.1, 0.15) is 31.7 Å². The van der Waals surface area contributed by atoms with E-state index in [2.05, 4.69) is 12.1 Å². The molecule has 1 rings (SSSR count). The smallest absolute Gasteiger partial charge is 0.128 e. The average Bonchev–Trinajstić information content (AvgIpc) is 2.27. The average molecular weight is 207 g/mol. The molecule has 0 amide bonds. The van der Waals surface area contributed by atoms with Crippen LogP contribution in [0.2, 0.25) is 0 Å². The minimum atomic E-state index is 0.712. The van der Waals surface area contributed by atoms with Gasteiger partial charge in [0.05, 0.1) is 12.8 Å². The molecule has 1 aromatic carbocycles. The molecular weight excluding hydrogens is 190 g/mol. The van der Waals surface area contributed by atoms with E-state index in [1.807, 2.05) is 24.3 Å². The first-order chi connectivity index (χ1) is 7.38. The van der Waals surface area contributed by atoms with Crippen LogP contribution in [0, 0.1) is 0 Å². The standard InChI is InChI=1S/C12H17NO2/c1-2-3-6-9-15-12-8-5-4-7-11(12)10-13-14/h4-5,7-8,10,14H,2-3,6,9H2,1H3. The summed E-state index contributed by atoms with van der Waals surface area (Å²) in [5.74, 6) is 0.770. The van der Waals surface area contributed by atoms with E-state index >= 15 is 0 Å². The van der Waals surface area contributed by atoms with Crippen molar-refractivity contribution in [3.63, 3.8) is 0 Å². The molecule has 0 aromatic heterocycles. The molecule has 0 saturated carbocycles. The maximum Gasteiger partial charge on any atom is 0.128 e. The van der Waals surface area contributed by atoms with Crippen molar-refractivity contribution >= 4 is 6.21 Å². The van der Waals surface area contributed by atoms with Crippen molar-refractivity contribution in [1.82, 2.24) is 0 Å². The van der Waals surface area contributed by atoms with E-state index in [0.717, 1.165) is 17.7 Å². The Morgan fingerprint density at radius 2 is 2.13 bits per heavy atom. The zero-order valence-corrected chi connectivity index (χ0v) is 9.02. The molecule has 1 aromatic rings. The van der Waals surface area contributed by atoms with Gasteiger partial charge in [-0.1, -0.05) is 37.1 Å². The molecule has 0 spiro atoms. The molecule has 0 radical (unpaired) electrons. The van der Waals surface area contributed by atoms with E-state index in [-0.39, 0.29) is 0 Å². The number of rotatable bonds is 6. The van der Waals surface area contributed by atoms with Gasteiger partial charge in [-0.15, -0.1) is 0 Å². The second-order valence-corrected chi connectivity index (χ2v) is 3.34. The molecule has 0 bridgehead atoms. The number of para-hydroxylation sites is 1. The first-order valence-electron chi connectivity index (χ1n) is 5.27. The van der Waals surface area contributed by atoms with Crippen LogP contribution in [-0.2, 0) is 0 Å². The first-order valence-corrected chi connectivity index (χ1v) is 5.27. The van der Waals surface area contributed by atoms with Gasteiger partial charge in [0, 0.05) is 5.56 Å². The maximum atomic E-state index is 8.47. The lowest BCUT2D eigenvalue weighted by Crippen LogP contribution is -1.99. The summed E-state index contributed by atoms with van der Waals surface area (Å²) in [6.07, 6.45) is 4.80. The molecule has 0 heterocycles. The minimum absolute atomic E-state index is 0.712. The molecule has 0 saturated heterocycles. The number of unbranched alkanes of at least 4 members (excludes halogenated alkanes) is 2. The van der Waals surface area contributed by atoms with Crippen LogP contribution in [0.5, 0.6) is 5.75 Å². The molecule has 0 aliphatic heterocycles. The van der Waals surface area contributed by atoms with Crippen LogP contribution in [0.3, 0.4) is 0 Å². The largest absolute Gasteiger partial charge is 0.493 e. The lowest BCUT2D eigenvalue weighted by Gasteiger charge is -2.07. The number of oxime groups is 1. The van der Waals surface area contributed by atoms with Crippen LogP contribution in [-0.4, -0.2) is 18.0 Å². The highest BCUT2D eigenvalue weighted by Crippen LogP contribution is 2.16. The third-order valence-corrected chi connectivity index (χ3v) is 2.12. The highest BCUT2D eigenvalue weighted by molar-refractivity contribution is 5.82. The van der Waals surface area contributed by atoms with E-state index in [1.165, 1.54) is 19.1 Å². The van der Waals surface area contributed by atoms with Gasteiger partial charge >= 0.3 is 0 Å². The van der Waals surface area contributed by atoms with E-state index in [0.29, 0.717) is 6.61 Å². The van der Waals surface area contributed by atoms with Gasteiger partial charge in [-0.2, -0.15) is 0 Å². The van der Waals surface area contributed by atoms with Crippen LogP contribution < -0.4 is 4.74 Å².